The normalized spacial score (nSPS) is 10.7. The Morgan fingerprint density at radius 2 is 1.25 bits per heavy atom. The van der Waals surface area contributed by atoms with Crippen molar-refractivity contribution in [2.24, 2.45) is 0 Å². The Morgan fingerprint density at radius 3 is 1.70 bits per heavy atom. The zero-order valence-electron chi connectivity index (χ0n) is 11.4. The lowest BCUT2D eigenvalue weighted by atomic mass is 9.93. The van der Waals surface area contributed by atoms with Gasteiger partial charge in [0.1, 0.15) is 0 Å². The molecule has 4 heteroatoms. The van der Waals surface area contributed by atoms with Crippen molar-refractivity contribution in [2.75, 3.05) is 0 Å². The van der Waals surface area contributed by atoms with Gasteiger partial charge in [-0.25, -0.2) is 0 Å². The van der Waals surface area contributed by atoms with Crippen LogP contribution in [0.4, 0.5) is 0 Å². The molecule has 104 valence electrons. The number of hydrogen-bond acceptors (Lipinski definition) is 1. The fraction of sp³-hybridized carbons (Fsp3) is 0.188. The summed E-state index contributed by atoms with van der Waals surface area (Å²) in [5.41, 5.74) is 3.88. The lowest BCUT2D eigenvalue weighted by molar-refractivity contribution is 0.103. The molecule has 0 amide bonds. The van der Waals surface area contributed by atoms with Crippen molar-refractivity contribution in [2.45, 2.75) is 20.8 Å². The first-order chi connectivity index (χ1) is 9.31. The molecule has 0 aliphatic rings. The molecule has 0 N–H and O–H groups in total. The molecule has 2 rings (SSSR count). The minimum atomic E-state index is -0.174. The van der Waals surface area contributed by atoms with E-state index in [9.17, 15) is 4.79 Å². The first-order valence-corrected chi connectivity index (χ1v) is 7.21. The largest absolute Gasteiger partial charge is 0.288 e. The van der Waals surface area contributed by atoms with Crippen molar-refractivity contribution >= 4 is 40.6 Å². The molecule has 0 aliphatic carbocycles. The van der Waals surface area contributed by atoms with E-state index in [1.165, 1.54) is 12.1 Å². The number of carbonyl (C=O) groups is 1. The molecule has 0 fully saturated rings. The molecule has 1 nitrogen and oxygen atoms in total. The second-order valence-corrected chi connectivity index (χ2v) is 6.10. The van der Waals surface area contributed by atoms with Crippen molar-refractivity contribution in [1.29, 1.82) is 0 Å². The monoisotopic (exact) mass is 326 g/mol. The van der Waals surface area contributed by atoms with E-state index in [4.69, 9.17) is 34.8 Å². The lowest BCUT2D eigenvalue weighted by Gasteiger charge is -2.12. The van der Waals surface area contributed by atoms with Crippen molar-refractivity contribution < 1.29 is 4.79 Å². The van der Waals surface area contributed by atoms with E-state index >= 15 is 0 Å². The highest BCUT2D eigenvalue weighted by Gasteiger charge is 2.21. The van der Waals surface area contributed by atoms with Crippen LogP contribution >= 0.6 is 34.8 Å². The predicted molar refractivity (Wildman–Crippen MR) is 85.6 cm³/mol. The Hall–Kier alpha value is -1.02. The fourth-order valence-corrected chi connectivity index (χ4v) is 3.41. The summed E-state index contributed by atoms with van der Waals surface area (Å²) < 4.78 is 0. The van der Waals surface area contributed by atoms with Crippen molar-refractivity contribution in [3.8, 4) is 0 Å². The zero-order valence-corrected chi connectivity index (χ0v) is 13.6. The molecule has 0 spiro atoms. The molecule has 0 atom stereocenters. The van der Waals surface area contributed by atoms with E-state index in [1.807, 2.05) is 32.9 Å². The summed E-state index contributed by atoms with van der Waals surface area (Å²) in [6.07, 6.45) is 0. The standard InChI is InChI=1S/C16H13Cl3O/c1-8-4-9(2)14(10(3)5-8)16(20)15-12(18)6-11(17)7-13(15)19/h4-7H,1-3H3. The highest BCUT2D eigenvalue weighted by molar-refractivity contribution is 6.43. The third-order valence-corrected chi connectivity index (χ3v) is 3.95. The SMILES string of the molecule is Cc1cc(C)c(C(=O)c2c(Cl)cc(Cl)cc2Cl)c(C)c1. The predicted octanol–water partition coefficient (Wildman–Crippen LogP) is 5.80. The van der Waals surface area contributed by atoms with E-state index < -0.39 is 0 Å². The molecule has 0 heterocycles. The van der Waals surface area contributed by atoms with Gasteiger partial charge in [-0.2, -0.15) is 0 Å². The number of hydrogen-bond donors (Lipinski definition) is 0. The number of aryl methyl sites for hydroxylation is 3. The van der Waals surface area contributed by atoms with E-state index in [2.05, 4.69) is 0 Å². The average Bonchev–Trinajstić information content (AvgIpc) is 2.25. The Labute approximate surface area is 133 Å². The summed E-state index contributed by atoms with van der Waals surface area (Å²) in [5.74, 6) is -0.174. The Bertz CT molecular complexity index is 599. The fourth-order valence-electron chi connectivity index (χ4n) is 2.42. The zero-order chi connectivity index (χ0) is 15.0. The van der Waals surface area contributed by atoms with Crippen LogP contribution in [0.15, 0.2) is 24.3 Å². The van der Waals surface area contributed by atoms with Crippen LogP contribution in [0.1, 0.15) is 32.6 Å². The topological polar surface area (TPSA) is 17.1 Å². The van der Waals surface area contributed by atoms with Crippen LogP contribution in [0.25, 0.3) is 0 Å². The van der Waals surface area contributed by atoms with Crippen LogP contribution in [0.5, 0.6) is 0 Å². The molecule has 0 unspecified atom stereocenters. The lowest BCUT2D eigenvalue weighted by Crippen LogP contribution is -2.08. The van der Waals surface area contributed by atoms with Crippen LogP contribution < -0.4 is 0 Å². The van der Waals surface area contributed by atoms with E-state index in [-0.39, 0.29) is 15.8 Å². The number of halogens is 3. The number of carbonyl (C=O) groups excluding carboxylic acids is 1. The molecule has 0 bridgehead atoms. The number of ketones is 1. The highest BCUT2D eigenvalue weighted by Crippen LogP contribution is 2.32. The molecule has 0 saturated carbocycles. The van der Waals surface area contributed by atoms with Gasteiger partial charge in [0.05, 0.1) is 15.6 Å². The van der Waals surface area contributed by atoms with Crippen molar-refractivity contribution in [1.82, 2.24) is 0 Å². The van der Waals surface area contributed by atoms with Crippen LogP contribution in [0, 0.1) is 20.8 Å². The van der Waals surface area contributed by atoms with E-state index in [0.717, 1.165) is 16.7 Å². The molecule has 0 radical (unpaired) electrons. The third-order valence-electron chi connectivity index (χ3n) is 3.14. The first-order valence-electron chi connectivity index (χ1n) is 6.08. The van der Waals surface area contributed by atoms with Crippen LogP contribution in [-0.2, 0) is 0 Å². The molecule has 2 aromatic rings. The minimum Gasteiger partial charge on any atom is -0.288 e. The van der Waals surface area contributed by atoms with Crippen LogP contribution in [0.2, 0.25) is 15.1 Å². The third kappa shape index (κ3) is 2.85. The summed E-state index contributed by atoms with van der Waals surface area (Å²) in [5, 5.41) is 0.952. The van der Waals surface area contributed by atoms with Gasteiger partial charge >= 0.3 is 0 Å². The number of benzene rings is 2. The van der Waals surface area contributed by atoms with Crippen LogP contribution in [-0.4, -0.2) is 5.78 Å². The number of rotatable bonds is 2. The molecule has 20 heavy (non-hydrogen) atoms. The average molecular weight is 328 g/mol. The molecule has 0 saturated heterocycles. The maximum absolute atomic E-state index is 12.7. The molecule has 2 aromatic carbocycles. The summed E-state index contributed by atoms with van der Waals surface area (Å²) in [7, 11) is 0. The smallest absolute Gasteiger partial charge is 0.196 e. The Balaban J connectivity index is 2.64. The van der Waals surface area contributed by atoms with Gasteiger partial charge < -0.3 is 0 Å². The van der Waals surface area contributed by atoms with Crippen molar-refractivity contribution in [3.63, 3.8) is 0 Å². The van der Waals surface area contributed by atoms with Crippen molar-refractivity contribution in [3.05, 3.63) is 67.2 Å². The molecule has 0 aromatic heterocycles. The highest BCUT2D eigenvalue weighted by atomic mass is 35.5. The van der Waals surface area contributed by atoms with Gasteiger partial charge in [0.25, 0.3) is 0 Å². The van der Waals surface area contributed by atoms with Crippen LogP contribution in [0.3, 0.4) is 0 Å². The molecular weight excluding hydrogens is 315 g/mol. The van der Waals surface area contributed by atoms with E-state index in [0.29, 0.717) is 16.1 Å². The molecular formula is C16H13Cl3O. The summed E-state index contributed by atoms with van der Waals surface area (Å²) in [6, 6.07) is 7.00. The van der Waals surface area contributed by atoms with Gasteiger partial charge in [0.2, 0.25) is 0 Å². The minimum absolute atomic E-state index is 0.174. The van der Waals surface area contributed by atoms with Gasteiger partial charge in [-0.1, -0.05) is 52.5 Å². The van der Waals surface area contributed by atoms with Gasteiger partial charge in [0.15, 0.2) is 5.78 Å². The van der Waals surface area contributed by atoms with E-state index in [1.54, 1.807) is 0 Å². The van der Waals surface area contributed by atoms with Gasteiger partial charge in [-0.05, 0) is 44.0 Å². The summed E-state index contributed by atoms with van der Waals surface area (Å²) in [4.78, 5) is 12.7. The summed E-state index contributed by atoms with van der Waals surface area (Å²) in [6.45, 7) is 5.81. The summed E-state index contributed by atoms with van der Waals surface area (Å²) >= 11 is 18.1. The quantitative estimate of drug-likeness (QED) is 0.637. The maximum atomic E-state index is 12.7. The molecule has 0 aliphatic heterocycles. The first kappa shape index (κ1) is 15.4. The van der Waals surface area contributed by atoms with Gasteiger partial charge in [-0.15, -0.1) is 0 Å². The second kappa shape index (κ2) is 5.77. The Kier molecular flexibility index (Phi) is 4.43. The Morgan fingerprint density at radius 1 is 0.800 bits per heavy atom. The van der Waals surface area contributed by atoms with Gasteiger partial charge in [-0.3, -0.25) is 4.79 Å². The maximum Gasteiger partial charge on any atom is 0.196 e. The second-order valence-electron chi connectivity index (χ2n) is 4.85. The van der Waals surface area contributed by atoms with Gasteiger partial charge in [0, 0.05) is 10.6 Å².